The van der Waals surface area contributed by atoms with Gasteiger partial charge in [-0.1, -0.05) is 60.7 Å². The summed E-state index contributed by atoms with van der Waals surface area (Å²) in [6.45, 7) is 0.381. The molecule has 0 amide bonds. The van der Waals surface area contributed by atoms with E-state index in [9.17, 15) is 19.2 Å². The molecule has 2 aromatic carbocycles. The zero-order chi connectivity index (χ0) is 29.1. The van der Waals surface area contributed by atoms with Crippen molar-refractivity contribution in [3.8, 4) is 0 Å². The molecule has 1 aliphatic heterocycles. The average Bonchev–Trinajstić information content (AvgIpc) is 3.21. The number of likely N-dealkylation sites (N-methyl/N-ethyl adjacent to an activating group) is 1. The van der Waals surface area contributed by atoms with Crippen LogP contribution < -0.4 is 0 Å². The first-order chi connectivity index (χ1) is 19.0. The molecule has 0 aliphatic carbocycles. The summed E-state index contributed by atoms with van der Waals surface area (Å²) in [5, 5.41) is 0. The third-order valence-corrected chi connectivity index (χ3v) is 5.83. The largest absolute Gasteiger partial charge is 0.460 e. The van der Waals surface area contributed by atoms with Crippen LogP contribution in [-0.2, 0) is 60.8 Å². The Morgan fingerprint density at radius 1 is 0.700 bits per heavy atom. The first-order valence-electron chi connectivity index (χ1n) is 12.8. The van der Waals surface area contributed by atoms with E-state index in [1.54, 1.807) is 36.4 Å². The molecule has 4 unspecified atom stereocenters. The normalized spacial score (nSPS) is 20.4. The summed E-state index contributed by atoms with van der Waals surface area (Å²) in [7, 11) is 7.08. The molecule has 1 fully saturated rings. The van der Waals surface area contributed by atoms with Gasteiger partial charge >= 0.3 is 23.9 Å². The van der Waals surface area contributed by atoms with Gasteiger partial charge in [0, 0.05) is 7.11 Å². The highest BCUT2D eigenvalue weighted by Gasteiger charge is 2.52. The van der Waals surface area contributed by atoms with Crippen molar-refractivity contribution in [3.05, 3.63) is 71.8 Å². The van der Waals surface area contributed by atoms with E-state index < -0.39 is 61.3 Å². The van der Waals surface area contributed by atoms with Crippen molar-refractivity contribution < 1.29 is 52.1 Å². The molecule has 0 saturated carbocycles. The Balaban J connectivity index is 1.61. The second-order valence-electron chi connectivity index (χ2n) is 10.3. The predicted molar refractivity (Wildman–Crippen MR) is 140 cm³/mol. The van der Waals surface area contributed by atoms with Gasteiger partial charge in [0.25, 0.3) is 0 Å². The highest BCUT2D eigenvalue weighted by atomic mass is 16.7. The third-order valence-electron chi connectivity index (χ3n) is 5.83. The zero-order valence-electron chi connectivity index (χ0n) is 23.1. The standard InChI is InChI=1S/C29H36NO10/c1-30(2,3)17-22-27(39-25(33)15-23(31)36-18-20-11-7-5-8-12-20)28(29(35-4)38-22)40-26(34)16-24(32)37-19-21-13-9-6-10-14-21/h5-14,22,27-29H,15-19H2,1-4H3/q+1. The molecular weight excluding hydrogens is 522 g/mol. The van der Waals surface area contributed by atoms with Crippen LogP contribution >= 0.6 is 0 Å². The molecule has 0 aromatic heterocycles. The molecule has 1 heterocycles. The monoisotopic (exact) mass is 558 g/mol. The van der Waals surface area contributed by atoms with Crippen molar-refractivity contribution >= 4 is 23.9 Å². The first-order valence-corrected chi connectivity index (χ1v) is 12.8. The maximum atomic E-state index is 12.7. The summed E-state index contributed by atoms with van der Waals surface area (Å²) in [6, 6.07) is 18.0. The van der Waals surface area contributed by atoms with Crippen LogP contribution in [0.25, 0.3) is 0 Å². The molecule has 1 saturated heterocycles. The highest BCUT2D eigenvalue weighted by Crippen LogP contribution is 2.29. The van der Waals surface area contributed by atoms with Crippen LogP contribution in [0.3, 0.4) is 0 Å². The quantitative estimate of drug-likeness (QED) is 0.156. The second-order valence-corrected chi connectivity index (χ2v) is 10.3. The highest BCUT2D eigenvalue weighted by molar-refractivity contribution is 5.92. The molecule has 216 valence electrons. The maximum absolute atomic E-state index is 12.7. The smallest absolute Gasteiger partial charge is 0.317 e. The number of methoxy groups -OCH3 is 1. The lowest BCUT2D eigenvalue weighted by Crippen LogP contribution is -2.48. The van der Waals surface area contributed by atoms with Gasteiger partial charge in [-0.2, -0.15) is 0 Å². The van der Waals surface area contributed by atoms with Gasteiger partial charge in [0.05, 0.1) is 21.1 Å². The van der Waals surface area contributed by atoms with Gasteiger partial charge in [0.1, 0.15) is 32.6 Å². The molecule has 11 nitrogen and oxygen atoms in total. The van der Waals surface area contributed by atoms with E-state index in [1.165, 1.54) is 7.11 Å². The van der Waals surface area contributed by atoms with Gasteiger partial charge in [-0.25, -0.2) is 0 Å². The van der Waals surface area contributed by atoms with E-state index in [0.29, 0.717) is 11.0 Å². The van der Waals surface area contributed by atoms with Gasteiger partial charge in [-0.3, -0.25) is 19.2 Å². The van der Waals surface area contributed by atoms with Crippen LogP contribution in [0, 0.1) is 0 Å². The van der Waals surface area contributed by atoms with Crippen LogP contribution in [0.2, 0.25) is 0 Å². The fraction of sp³-hybridized carbons (Fsp3) is 0.448. The average molecular weight is 559 g/mol. The molecule has 0 N–H and O–H groups in total. The summed E-state index contributed by atoms with van der Waals surface area (Å²) < 4.78 is 33.1. The van der Waals surface area contributed by atoms with Crippen LogP contribution in [0.15, 0.2) is 60.7 Å². The van der Waals surface area contributed by atoms with Gasteiger partial charge < -0.3 is 32.9 Å². The van der Waals surface area contributed by atoms with Gasteiger partial charge in [0.2, 0.25) is 0 Å². The Bertz CT molecular complexity index is 1130. The molecule has 0 radical (unpaired) electrons. The minimum absolute atomic E-state index is 0.00632. The van der Waals surface area contributed by atoms with E-state index in [-0.39, 0.29) is 13.2 Å². The molecular formula is C29H36NO10+. The van der Waals surface area contributed by atoms with E-state index in [4.69, 9.17) is 28.4 Å². The van der Waals surface area contributed by atoms with Crippen LogP contribution in [-0.4, -0.2) is 87.8 Å². The number of benzene rings is 2. The van der Waals surface area contributed by atoms with Gasteiger partial charge in [-0.15, -0.1) is 0 Å². The molecule has 0 spiro atoms. The molecule has 1 aliphatic rings. The number of carbonyl (C=O) groups is 4. The summed E-state index contributed by atoms with van der Waals surface area (Å²) in [4.78, 5) is 49.8. The summed E-state index contributed by atoms with van der Waals surface area (Å²) >= 11 is 0. The summed E-state index contributed by atoms with van der Waals surface area (Å²) in [5.41, 5.74) is 1.54. The molecule has 2 aromatic rings. The van der Waals surface area contributed by atoms with Crippen molar-refractivity contribution in [2.45, 2.75) is 50.7 Å². The van der Waals surface area contributed by atoms with Crippen molar-refractivity contribution in [1.82, 2.24) is 0 Å². The fourth-order valence-corrected chi connectivity index (χ4v) is 4.04. The molecule has 11 heteroatoms. The Morgan fingerprint density at radius 3 is 1.57 bits per heavy atom. The number of nitrogens with zero attached hydrogens (tertiary/aromatic N) is 1. The Labute approximate surface area is 233 Å². The fourth-order valence-electron chi connectivity index (χ4n) is 4.04. The Kier molecular flexibility index (Phi) is 11.2. The lowest BCUT2D eigenvalue weighted by molar-refractivity contribution is -0.874. The SMILES string of the molecule is COC1OC(C[N+](C)(C)C)C(OC(=O)CC(=O)OCc2ccccc2)C1OC(=O)CC(=O)OCc1ccccc1. The minimum Gasteiger partial charge on any atom is -0.460 e. The molecule has 3 rings (SSSR count). The van der Waals surface area contributed by atoms with Crippen molar-refractivity contribution in [2.75, 3.05) is 34.8 Å². The number of rotatable bonds is 13. The number of carbonyl (C=O) groups excluding carboxylic acids is 4. The molecule has 4 atom stereocenters. The van der Waals surface area contributed by atoms with Crippen molar-refractivity contribution in [2.24, 2.45) is 0 Å². The van der Waals surface area contributed by atoms with E-state index in [0.717, 1.165) is 11.1 Å². The number of ether oxygens (including phenoxy) is 6. The number of esters is 4. The van der Waals surface area contributed by atoms with Crippen molar-refractivity contribution in [1.29, 1.82) is 0 Å². The third kappa shape index (κ3) is 10.1. The Hall–Kier alpha value is -3.80. The molecule has 40 heavy (non-hydrogen) atoms. The Morgan fingerprint density at radius 2 is 1.15 bits per heavy atom. The number of quaternary nitrogens is 1. The van der Waals surface area contributed by atoms with E-state index >= 15 is 0 Å². The minimum atomic E-state index is -1.18. The lowest BCUT2D eigenvalue weighted by atomic mass is 10.1. The van der Waals surface area contributed by atoms with Crippen LogP contribution in [0.1, 0.15) is 24.0 Å². The van der Waals surface area contributed by atoms with Crippen LogP contribution in [0.4, 0.5) is 0 Å². The predicted octanol–water partition coefficient (Wildman–Crippen LogP) is 2.15. The number of hydrogen-bond donors (Lipinski definition) is 0. The zero-order valence-corrected chi connectivity index (χ0v) is 23.1. The lowest BCUT2D eigenvalue weighted by Gasteiger charge is -2.29. The van der Waals surface area contributed by atoms with E-state index in [1.807, 2.05) is 45.4 Å². The first kappa shape index (κ1) is 30.7. The van der Waals surface area contributed by atoms with Crippen molar-refractivity contribution in [3.63, 3.8) is 0 Å². The maximum Gasteiger partial charge on any atom is 0.317 e. The van der Waals surface area contributed by atoms with Gasteiger partial charge in [-0.05, 0) is 11.1 Å². The number of hydrogen-bond acceptors (Lipinski definition) is 10. The summed E-state index contributed by atoms with van der Waals surface area (Å²) in [6.07, 6.45) is -5.38. The second kappa shape index (κ2) is 14.5. The summed E-state index contributed by atoms with van der Waals surface area (Å²) in [5.74, 6) is -3.32. The van der Waals surface area contributed by atoms with E-state index in [2.05, 4.69) is 0 Å². The van der Waals surface area contributed by atoms with Gasteiger partial charge in [0.15, 0.2) is 24.6 Å². The molecule has 0 bridgehead atoms. The van der Waals surface area contributed by atoms with Crippen LogP contribution in [0.5, 0.6) is 0 Å². The topological polar surface area (TPSA) is 124 Å².